The quantitative estimate of drug-likeness (QED) is 0.215. The van der Waals surface area contributed by atoms with Gasteiger partial charge in [0.2, 0.25) is 21.9 Å². The molecular weight excluding hydrogens is 580 g/mol. The Labute approximate surface area is 237 Å². The van der Waals surface area contributed by atoms with Gasteiger partial charge in [-0.25, -0.2) is 23.4 Å². The van der Waals surface area contributed by atoms with Crippen molar-refractivity contribution >= 4 is 48.4 Å². The fraction of sp³-hybridized carbons (Fsp3) is 0.321. The fourth-order valence-electron chi connectivity index (χ4n) is 4.68. The van der Waals surface area contributed by atoms with Crippen molar-refractivity contribution in [3.63, 3.8) is 0 Å². The summed E-state index contributed by atoms with van der Waals surface area (Å²) in [5.74, 6) is 1.59. The van der Waals surface area contributed by atoms with E-state index in [0.29, 0.717) is 40.9 Å². The molecule has 0 radical (unpaired) electrons. The molecule has 1 atom stereocenters. The smallest absolute Gasteiger partial charge is 0.232 e. The van der Waals surface area contributed by atoms with Crippen molar-refractivity contribution in [1.29, 1.82) is 0 Å². The molecule has 5 rings (SSSR count). The summed E-state index contributed by atoms with van der Waals surface area (Å²) in [6, 6.07) is 13.3. The molecule has 1 saturated heterocycles. The molecule has 0 bridgehead atoms. The zero-order valence-electron chi connectivity index (χ0n) is 21.9. The normalized spacial score (nSPS) is 15.7. The van der Waals surface area contributed by atoms with Crippen molar-refractivity contribution < 1.29 is 13.2 Å². The van der Waals surface area contributed by atoms with E-state index in [-0.39, 0.29) is 11.8 Å². The average Bonchev–Trinajstić information content (AvgIpc) is 2.91. The van der Waals surface area contributed by atoms with Gasteiger partial charge in [-0.05, 0) is 72.4 Å². The number of fused-ring (bicyclic) bond motifs is 1. The van der Waals surface area contributed by atoms with E-state index in [4.69, 9.17) is 9.72 Å². The zero-order valence-corrected chi connectivity index (χ0v) is 24.3. The molecule has 2 aromatic heterocycles. The first-order chi connectivity index (χ1) is 18.8. The van der Waals surface area contributed by atoms with E-state index in [1.807, 2.05) is 50.2 Å². The molecule has 0 spiro atoms. The number of anilines is 2. The van der Waals surface area contributed by atoms with Gasteiger partial charge in [0.25, 0.3) is 0 Å². The molecule has 1 aliphatic heterocycles. The molecule has 2 aromatic carbocycles. The van der Waals surface area contributed by atoms with Crippen LogP contribution in [0.2, 0.25) is 0 Å². The maximum atomic E-state index is 12.5. The van der Waals surface area contributed by atoms with E-state index in [1.165, 1.54) is 0 Å². The second-order valence-electron chi connectivity index (χ2n) is 9.59. The minimum atomic E-state index is -3.45. The first-order valence-electron chi connectivity index (χ1n) is 13.0. The molecular formula is C28H31BrN6O3S. The largest absolute Gasteiger partial charge is 0.437 e. The Morgan fingerprint density at radius 3 is 2.82 bits per heavy atom. The van der Waals surface area contributed by atoms with Crippen molar-refractivity contribution in [2.24, 2.45) is 0 Å². The number of aromatic nitrogens is 3. The van der Waals surface area contributed by atoms with E-state index < -0.39 is 10.0 Å². The maximum absolute atomic E-state index is 12.5. The number of pyridine rings is 1. The van der Waals surface area contributed by atoms with Gasteiger partial charge in [-0.3, -0.25) is 4.72 Å². The minimum Gasteiger partial charge on any atom is -0.437 e. The molecule has 1 fully saturated rings. The lowest BCUT2D eigenvalue weighted by Crippen LogP contribution is -2.38. The van der Waals surface area contributed by atoms with Gasteiger partial charge >= 0.3 is 0 Å². The third-order valence-electron chi connectivity index (χ3n) is 6.53. The van der Waals surface area contributed by atoms with E-state index in [9.17, 15) is 8.42 Å². The molecule has 3 N–H and O–H groups in total. The Balaban J connectivity index is 1.51. The lowest BCUT2D eigenvalue weighted by molar-refractivity contribution is 0.466. The highest BCUT2D eigenvalue weighted by Crippen LogP contribution is 2.39. The van der Waals surface area contributed by atoms with Gasteiger partial charge in [0, 0.05) is 40.2 Å². The number of nitrogens with zero attached hydrogens (tertiary/aromatic N) is 3. The number of sulfonamides is 1. The summed E-state index contributed by atoms with van der Waals surface area (Å²) in [7, 11) is -3.45. The first kappa shape index (κ1) is 27.3. The van der Waals surface area contributed by atoms with Crippen molar-refractivity contribution in [2.45, 2.75) is 39.2 Å². The highest BCUT2D eigenvalue weighted by atomic mass is 79.9. The van der Waals surface area contributed by atoms with Crippen LogP contribution in [0.5, 0.6) is 11.6 Å². The number of ether oxygens (including phenoxy) is 1. The highest BCUT2D eigenvalue weighted by Gasteiger charge is 2.19. The monoisotopic (exact) mass is 610 g/mol. The van der Waals surface area contributed by atoms with Gasteiger partial charge in [0.15, 0.2) is 0 Å². The van der Waals surface area contributed by atoms with Gasteiger partial charge in [0.1, 0.15) is 5.75 Å². The predicted molar refractivity (Wildman–Crippen MR) is 159 cm³/mol. The summed E-state index contributed by atoms with van der Waals surface area (Å²) in [4.78, 5) is 13.8. The Morgan fingerprint density at radius 1 is 1.15 bits per heavy atom. The van der Waals surface area contributed by atoms with Gasteiger partial charge in [0.05, 0.1) is 22.7 Å². The highest BCUT2D eigenvalue weighted by molar-refractivity contribution is 9.10. The van der Waals surface area contributed by atoms with Gasteiger partial charge in [-0.1, -0.05) is 31.2 Å². The van der Waals surface area contributed by atoms with E-state index in [1.54, 1.807) is 18.5 Å². The van der Waals surface area contributed by atoms with E-state index in [0.717, 1.165) is 46.7 Å². The molecule has 1 aliphatic rings. The Hall–Kier alpha value is -3.28. The second kappa shape index (κ2) is 11.8. The number of hydrogen-bond acceptors (Lipinski definition) is 8. The summed E-state index contributed by atoms with van der Waals surface area (Å²) < 4.78 is 35.0. The summed E-state index contributed by atoms with van der Waals surface area (Å²) in [5.41, 5.74) is 2.78. The predicted octanol–water partition coefficient (Wildman–Crippen LogP) is 5.87. The summed E-state index contributed by atoms with van der Waals surface area (Å²) in [6.45, 7) is 5.69. The average molecular weight is 612 g/mol. The number of halogens is 1. The SMILES string of the molecule is CCCS(=O)(=O)Nc1cccc2c(Oc3ncc(Br)cc3-c3ccnc(NC4CCCNC4)n3)c(C)ccc12. The Bertz CT molecular complexity index is 1590. The van der Waals surface area contributed by atoms with Crippen LogP contribution in [0, 0.1) is 6.92 Å². The molecule has 9 nitrogen and oxygen atoms in total. The minimum absolute atomic E-state index is 0.0534. The molecule has 39 heavy (non-hydrogen) atoms. The number of piperidine rings is 1. The standard InChI is InChI=1S/C28H31BrN6O3S/c1-3-14-39(36,37)35-25-8-4-7-22-21(25)10-9-18(2)26(22)38-27-23(15-19(29)16-32-27)24-11-13-31-28(34-24)33-20-6-5-12-30-17-20/h4,7-11,13,15-16,20,30,35H,3,5-6,12,14,17H2,1-2H3,(H,31,33,34). The van der Waals surface area contributed by atoms with Gasteiger partial charge in [-0.2, -0.15) is 0 Å². The molecule has 204 valence electrons. The third-order valence-corrected chi connectivity index (χ3v) is 8.44. The number of nitrogens with one attached hydrogen (secondary N) is 3. The van der Waals surface area contributed by atoms with E-state index >= 15 is 0 Å². The van der Waals surface area contributed by atoms with Gasteiger partial charge in [-0.15, -0.1) is 0 Å². The van der Waals surface area contributed by atoms with Gasteiger partial charge < -0.3 is 15.4 Å². The van der Waals surface area contributed by atoms with Crippen molar-refractivity contribution in [3.05, 3.63) is 64.9 Å². The van der Waals surface area contributed by atoms with Crippen LogP contribution in [0.3, 0.4) is 0 Å². The fourth-order valence-corrected chi connectivity index (χ4v) is 6.16. The van der Waals surface area contributed by atoms with Crippen LogP contribution in [-0.4, -0.2) is 48.3 Å². The Morgan fingerprint density at radius 2 is 2.03 bits per heavy atom. The van der Waals surface area contributed by atoms with Crippen LogP contribution in [-0.2, 0) is 10.0 Å². The third kappa shape index (κ3) is 6.48. The topological polar surface area (TPSA) is 118 Å². The molecule has 11 heteroatoms. The molecule has 4 aromatic rings. The summed E-state index contributed by atoms with van der Waals surface area (Å²) in [5, 5.41) is 8.34. The van der Waals surface area contributed by atoms with Crippen LogP contribution in [0.25, 0.3) is 22.0 Å². The second-order valence-corrected chi connectivity index (χ2v) is 12.4. The molecule has 3 heterocycles. The maximum Gasteiger partial charge on any atom is 0.232 e. The molecule has 0 amide bonds. The van der Waals surface area contributed by atoms with Crippen LogP contribution in [0.15, 0.2) is 59.3 Å². The number of benzene rings is 2. The molecule has 1 unspecified atom stereocenters. The van der Waals surface area contributed by atoms with Crippen molar-refractivity contribution in [1.82, 2.24) is 20.3 Å². The first-order valence-corrected chi connectivity index (χ1v) is 15.4. The molecule has 0 aliphatic carbocycles. The number of aryl methyl sites for hydroxylation is 1. The lowest BCUT2D eigenvalue weighted by Gasteiger charge is -2.23. The number of rotatable bonds is 9. The van der Waals surface area contributed by atoms with Crippen molar-refractivity contribution in [2.75, 3.05) is 28.9 Å². The van der Waals surface area contributed by atoms with E-state index in [2.05, 4.69) is 41.3 Å². The van der Waals surface area contributed by atoms with Crippen LogP contribution < -0.4 is 20.1 Å². The summed E-state index contributed by atoms with van der Waals surface area (Å²) in [6.07, 6.45) is 6.10. The molecule has 0 saturated carbocycles. The van der Waals surface area contributed by atoms with Crippen LogP contribution in [0.4, 0.5) is 11.6 Å². The summed E-state index contributed by atoms with van der Waals surface area (Å²) >= 11 is 3.53. The zero-order chi connectivity index (χ0) is 27.4. The number of hydrogen-bond donors (Lipinski definition) is 3. The van der Waals surface area contributed by atoms with Crippen LogP contribution >= 0.6 is 15.9 Å². The Kier molecular flexibility index (Phi) is 8.29. The lowest BCUT2D eigenvalue weighted by atomic mass is 10.0. The van der Waals surface area contributed by atoms with Crippen LogP contribution in [0.1, 0.15) is 31.7 Å². The van der Waals surface area contributed by atoms with Crippen molar-refractivity contribution in [3.8, 4) is 22.9 Å².